The number of nitrogens with zero attached hydrogens (tertiary/aromatic N) is 1. The van der Waals surface area contributed by atoms with Gasteiger partial charge in [-0.3, -0.25) is 14.5 Å². The van der Waals surface area contributed by atoms with Gasteiger partial charge in [0, 0.05) is 24.1 Å². The first-order chi connectivity index (χ1) is 10.5. The van der Waals surface area contributed by atoms with Gasteiger partial charge in [-0.25, -0.2) is 4.79 Å². The first kappa shape index (κ1) is 14.6. The molecule has 0 unspecified atom stereocenters. The van der Waals surface area contributed by atoms with Crippen molar-refractivity contribution in [2.45, 2.75) is 26.4 Å². The van der Waals surface area contributed by atoms with Crippen molar-refractivity contribution >= 4 is 23.5 Å². The molecule has 3 rings (SSSR count). The Labute approximate surface area is 128 Å². The number of hydrogen-bond donors (Lipinski definition) is 1. The fourth-order valence-corrected chi connectivity index (χ4v) is 2.94. The molecule has 1 heterocycles. The van der Waals surface area contributed by atoms with Crippen LogP contribution in [-0.4, -0.2) is 37.0 Å². The number of ketones is 1. The molecule has 2 amide bonds. The zero-order chi connectivity index (χ0) is 15.9. The summed E-state index contributed by atoms with van der Waals surface area (Å²) < 4.78 is 5.25. The van der Waals surface area contributed by atoms with Crippen molar-refractivity contribution in [2.75, 3.05) is 18.0 Å². The van der Waals surface area contributed by atoms with Gasteiger partial charge in [0.15, 0.2) is 5.78 Å². The predicted octanol–water partition coefficient (Wildman–Crippen LogP) is 1.52. The molecular weight excluding hydrogens is 284 g/mol. The molecule has 2 aliphatic rings. The Bertz CT molecular complexity index is 656. The first-order valence-corrected chi connectivity index (χ1v) is 7.35. The molecule has 6 nitrogen and oxygen atoms in total. The van der Waals surface area contributed by atoms with Crippen molar-refractivity contribution < 1.29 is 19.1 Å². The number of carbonyl (C=O) groups is 3. The highest BCUT2D eigenvalue weighted by atomic mass is 16.6. The van der Waals surface area contributed by atoms with Gasteiger partial charge in [0.2, 0.25) is 5.91 Å². The van der Waals surface area contributed by atoms with Gasteiger partial charge in [0.1, 0.15) is 6.10 Å². The number of Topliss-reactive ketones (excluding diaryl/α,β-unsaturated/α-hetero) is 1. The van der Waals surface area contributed by atoms with Crippen LogP contribution in [0.25, 0.3) is 0 Å². The zero-order valence-corrected chi connectivity index (χ0v) is 12.6. The third kappa shape index (κ3) is 2.56. The second-order valence-corrected chi connectivity index (χ2v) is 5.86. The van der Waals surface area contributed by atoms with Gasteiger partial charge in [0.25, 0.3) is 0 Å². The number of benzene rings is 1. The van der Waals surface area contributed by atoms with Crippen molar-refractivity contribution in [3.63, 3.8) is 0 Å². The summed E-state index contributed by atoms with van der Waals surface area (Å²) in [5.41, 5.74) is 2.46. The van der Waals surface area contributed by atoms with Crippen LogP contribution in [0.3, 0.4) is 0 Å². The molecule has 22 heavy (non-hydrogen) atoms. The zero-order valence-electron chi connectivity index (χ0n) is 12.6. The van der Waals surface area contributed by atoms with Crippen LogP contribution in [0.2, 0.25) is 0 Å². The van der Waals surface area contributed by atoms with Crippen LogP contribution in [0.4, 0.5) is 10.5 Å². The smallest absolute Gasteiger partial charge is 0.414 e. The fraction of sp³-hybridized carbons (Fsp3) is 0.438. The van der Waals surface area contributed by atoms with Crippen LogP contribution in [0, 0.1) is 5.92 Å². The molecule has 116 valence electrons. The van der Waals surface area contributed by atoms with E-state index in [1.165, 1.54) is 6.92 Å². The van der Waals surface area contributed by atoms with E-state index < -0.39 is 6.09 Å². The molecule has 0 bridgehead atoms. The Kier molecular flexibility index (Phi) is 3.60. The van der Waals surface area contributed by atoms with Crippen LogP contribution in [0.1, 0.15) is 29.8 Å². The molecule has 1 aromatic rings. The van der Waals surface area contributed by atoms with E-state index in [9.17, 15) is 14.4 Å². The fourth-order valence-electron chi connectivity index (χ4n) is 2.94. The van der Waals surface area contributed by atoms with E-state index in [-0.39, 0.29) is 23.7 Å². The topological polar surface area (TPSA) is 75.7 Å². The minimum atomic E-state index is -0.423. The third-order valence-corrected chi connectivity index (χ3v) is 4.09. The van der Waals surface area contributed by atoms with E-state index in [1.54, 1.807) is 17.0 Å². The highest BCUT2D eigenvalue weighted by Crippen LogP contribution is 2.31. The Morgan fingerprint density at radius 2 is 2.18 bits per heavy atom. The van der Waals surface area contributed by atoms with Crippen LogP contribution < -0.4 is 10.2 Å². The van der Waals surface area contributed by atoms with Crippen LogP contribution in [-0.2, 0) is 16.0 Å². The molecule has 1 N–H and O–H groups in total. The van der Waals surface area contributed by atoms with Gasteiger partial charge in [-0.15, -0.1) is 0 Å². The number of amides is 2. The highest BCUT2D eigenvalue weighted by molar-refractivity contribution is 6.03. The van der Waals surface area contributed by atoms with Gasteiger partial charge >= 0.3 is 6.09 Å². The van der Waals surface area contributed by atoms with E-state index in [4.69, 9.17) is 4.74 Å². The third-order valence-electron chi connectivity index (χ3n) is 4.09. The minimum absolute atomic E-state index is 0.00305. The summed E-state index contributed by atoms with van der Waals surface area (Å²) in [6, 6.07) is 5.44. The lowest BCUT2D eigenvalue weighted by molar-refractivity contribution is -0.119. The molecule has 1 fully saturated rings. The quantitative estimate of drug-likeness (QED) is 0.918. The van der Waals surface area contributed by atoms with E-state index in [2.05, 4.69) is 5.32 Å². The average molecular weight is 302 g/mol. The number of hydrogen-bond acceptors (Lipinski definition) is 4. The van der Waals surface area contributed by atoms with Crippen LogP contribution >= 0.6 is 0 Å². The van der Waals surface area contributed by atoms with Crippen LogP contribution in [0.5, 0.6) is 0 Å². The molecule has 0 saturated carbocycles. The molecule has 0 aromatic heterocycles. The summed E-state index contributed by atoms with van der Waals surface area (Å²) in [6.45, 7) is 4.03. The number of nitrogens with one attached hydrogen (secondary N) is 1. The van der Waals surface area contributed by atoms with Gasteiger partial charge < -0.3 is 10.1 Å². The second kappa shape index (κ2) is 5.44. The minimum Gasteiger partial charge on any atom is -0.442 e. The SMILES string of the molecule is CC(=O)NC[C@H]1CN(c2ccc3c(c2)C[C@@H](C)C3=O)C(=O)O1. The number of anilines is 1. The van der Waals surface area contributed by atoms with E-state index in [1.807, 2.05) is 13.0 Å². The Morgan fingerprint density at radius 3 is 2.91 bits per heavy atom. The van der Waals surface area contributed by atoms with Crippen molar-refractivity contribution in [3.05, 3.63) is 29.3 Å². The maximum atomic E-state index is 12.0. The summed E-state index contributed by atoms with van der Waals surface area (Å²) in [7, 11) is 0. The molecule has 1 aromatic carbocycles. The Hall–Kier alpha value is -2.37. The summed E-state index contributed by atoms with van der Waals surface area (Å²) >= 11 is 0. The molecule has 0 radical (unpaired) electrons. The van der Waals surface area contributed by atoms with E-state index >= 15 is 0 Å². The summed E-state index contributed by atoms with van der Waals surface area (Å²) in [5, 5.41) is 2.65. The average Bonchev–Trinajstić information content (AvgIpc) is 2.97. The maximum absolute atomic E-state index is 12.0. The molecule has 2 atom stereocenters. The van der Waals surface area contributed by atoms with Crippen LogP contribution in [0.15, 0.2) is 18.2 Å². The molecule has 1 aliphatic heterocycles. The summed E-state index contributed by atoms with van der Waals surface area (Å²) in [5.74, 6) is 0.0110. The number of fused-ring (bicyclic) bond motifs is 1. The first-order valence-electron chi connectivity index (χ1n) is 7.35. The standard InChI is InChI=1S/C16H18N2O4/c1-9-5-11-6-12(3-4-14(11)15(9)20)18-8-13(22-16(18)21)7-17-10(2)19/h3-4,6,9,13H,5,7-8H2,1-2H3,(H,17,19)/t9-,13+/m1/s1. The monoisotopic (exact) mass is 302 g/mol. The molecule has 1 aliphatic carbocycles. The van der Waals surface area contributed by atoms with Gasteiger partial charge in [0.05, 0.1) is 13.1 Å². The number of carbonyl (C=O) groups excluding carboxylic acids is 3. The van der Waals surface area contributed by atoms with Gasteiger partial charge in [-0.05, 0) is 30.2 Å². The number of cyclic esters (lactones) is 1. The van der Waals surface area contributed by atoms with Crippen molar-refractivity contribution in [2.24, 2.45) is 5.92 Å². The lowest BCUT2D eigenvalue weighted by Crippen LogP contribution is -2.33. The molecule has 0 spiro atoms. The maximum Gasteiger partial charge on any atom is 0.414 e. The summed E-state index contributed by atoms with van der Waals surface area (Å²) in [4.78, 5) is 36.4. The lowest BCUT2D eigenvalue weighted by atomic mass is 10.1. The molecular formula is C16H18N2O4. The number of ether oxygens (including phenoxy) is 1. The number of rotatable bonds is 3. The van der Waals surface area contributed by atoms with E-state index in [0.717, 1.165) is 16.8 Å². The van der Waals surface area contributed by atoms with Crippen molar-refractivity contribution in [1.29, 1.82) is 0 Å². The van der Waals surface area contributed by atoms with Crippen molar-refractivity contribution in [3.8, 4) is 0 Å². The van der Waals surface area contributed by atoms with E-state index in [0.29, 0.717) is 19.5 Å². The lowest BCUT2D eigenvalue weighted by Gasteiger charge is -2.14. The van der Waals surface area contributed by atoms with Crippen molar-refractivity contribution in [1.82, 2.24) is 5.32 Å². The molecule has 6 heteroatoms. The highest BCUT2D eigenvalue weighted by Gasteiger charge is 2.34. The largest absolute Gasteiger partial charge is 0.442 e. The second-order valence-electron chi connectivity index (χ2n) is 5.86. The summed E-state index contributed by atoms with van der Waals surface area (Å²) in [6.07, 6.45) is -0.0712. The van der Waals surface area contributed by atoms with Gasteiger partial charge in [-0.1, -0.05) is 6.92 Å². The normalized spacial score (nSPS) is 23.5. The Morgan fingerprint density at radius 1 is 1.41 bits per heavy atom. The Balaban J connectivity index is 1.75. The van der Waals surface area contributed by atoms with Gasteiger partial charge in [-0.2, -0.15) is 0 Å². The molecule has 1 saturated heterocycles. The predicted molar refractivity (Wildman–Crippen MR) is 79.9 cm³/mol.